The predicted molar refractivity (Wildman–Crippen MR) is 96.4 cm³/mol. The van der Waals surface area contributed by atoms with Crippen molar-refractivity contribution in [2.24, 2.45) is 5.92 Å². The molecule has 0 aromatic heterocycles. The number of carbonyl (C=O) groups excluding carboxylic acids is 1. The van der Waals surface area contributed by atoms with Gasteiger partial charge in [0.05, 0.1) is 5.56 Å². The van der Waals surface area contributed by atoms with Gasteiger partial charge in [0.25, 0.3) is 0 Å². The van der Waals surface area contributed by atoms with Gasteiger partial charge in [0.15, 0.2) is 0 Å². The van der Waals surface area contributed by atoms with Gasteiger partial charge >= 0.3 is 12.3 Å². The zero-order valence-electron chi connectivity index (χ0n) is 14.8. The molecular weight excluding hydrogens is 373 g/mol. The number of hydrogen-bond acceptors (Lipinski definition) is 2. The second-order valence-electron chi connectivity index (χ2n) is 6.76. The van der Waals surface area contributed by atoms with Crippen molar-refractivity contribution in [1.29, 1.82) is 0 Å². The topological polar surface area (TPSA) is 78.4 Å². The van der Waals surface area contributed by atoms with Crippen LogP contribution in [-0.2, 0) is 17.5 Å². The highest BCUT2D eigenvalue weighted by molar-refractivity contribution is 5.85. The Hall–Kier alpha value is -3.03. The van der Waals surface area contributed by atoms with Crippen molar-refractivity contribution < 1.29 is 27.9 Å². The molecule has 2 amide bonds. The van der Waals surface area contributed by atoms with E-state index in [0.717, 1.165) is 36.1 Å². The first-order chi connectivity index (χ1) is 13.2. The molecule has 0 heterocycles. The number of benzene rings is 2. The van der Waals surface area contributed by atoms with E-state index in [1.54, 1.807) is 24.3 Å². The van der Waals surface area contributed by atoms with E-state index >= 15 is 0 Å². The number of carboxylic acid groups (broad SMARTS) is 1. The van der Waals surface area contributed by atoms with E-state index in [1.165, 1.54) is 12.1 Å². The maximum absolute atomic E-state index is 12.7. The van der Waals surface area contributed by atoms with Crippen LogP contribution >= 0.6 is 0 Å². The van der Waals surface area contributed by atoms with E-state index in [-0.39, 0.29) is 18.4 Å². The first kappa shape index (κ1) is 19.7. The fourth-order valence-corrected chi connectivity index (χ4v) is 2.97. The molecule has 3 N–H and O–H groups in total. The molecule has 3 rings (SSSR count). The van der Waals surface area contributed by atoms with Crippen molar-refractivity contribution in [3.63, 3.8) is 0 Å². The normalized spacial score (nSPS) is 15.0. The summed E-state index contributed by atoms with van der Waals surface area (Å²) in [6.45, 7) is 0.192. The Kier molecular flexibility index (Phi) is 5.58. The van der Waals surface area contributed by atoms with Gasteiger partial charge in [0.1, 0.15) is 6.04 Å². The summed E-state index contributed by atoms with van der Waals surface area (Å²) in [7, 11) is 0. The second-order valence-corrected chi connectivity index (χ2v) is 6.76. The molecule has 1 aliphatic rings. The number of rotatable bonds is 6. The zero-order valence-corrected chi connectivity index (χ0v) is 14.8. The van der Waals surface area contributed by atoms with E-state index in [1.807, 2.05) is 0 Å². The Labute approximate surface area is 159 Å². The quantitative estimate of drug-likeness (QED) is 0.694. The second kappa shape index (κ2) is 7.92. The van der Waals surface area contributed by atoms with Crippen LogP contribution in [0.5, 0.6) is 0 Å². The van der Waals surface area contributed by atoms with Crippen LogP contribution in [0.4, 0.5) is 18.0 Å². The molecule has 0 aliphatic heterocycles. The smallest absolute Gasteiger partial charge is 0.416 e. The standard InChI is InChI=1S/C20H19F3N2O3/c21-20(22,23)16-8-6-13(7-9-16)15-3-1-2-12(10-15)11-24-18(26)17(14-4-5-14)25-19(27)28/h1-3,6-10,14,17,25H,4-5,11H2,(H,24,26)(H,27,28). The number of hydrogen-bond donors (Lipinski definition) is 3. The molecule has 0 bridgehead atoms. The lowest BCUT2D eigenvalue weighted by atomic mass is 10.0. The molecule has 1 saturated carbocycles. The lowest BCUT2D eigenvalue weighted by Gasteiger charge is -2.16. The average molecular weight is 392 g/mol. The number of carbonyl (C=O) groups is 2. The summed E-state index contributed by atoms with van der Waals surface area (Å²) in [5.74, 6) is -0.362. The third kappa shape index (κ3) is 5.03. The molecule has 2 aromatic carbocycles. The first-order valence-corrected chi connectivity index (χ1v) is 8.78. The highest BCUT2D eigenvalue weighted by Gasteiger charge is 2.37. The molecule has 148 valence electrons. The Morgan fingerprint density at radius 3 is 2.32 bits per heavy atom. The minimum atomic E-state index is -4.38. The molecule has 1 fully saturated rings. The number of halogens is 3. The third-order valence-corrected chi connectivity index (χ3v) is 4.59. The van der Waals surface area contributed by atoms with Gasteiger partial charge in [-0.2, -0.15) is 13.2 Å². The third-order valence-electron chi connectivity index (χ3n) is 4.59. The number of alkyl halides is 3. The summed E-state index contributed by atoms with van der Waals surface area (Å²) in [5.41, 5.74) is 1.40. The van der Waals surface area contributed by atoms with Crippen molar-refractivity contribution in [2.45, 2.75) is 31.6 Å². The summed E-state index contributed by atoms with van der Waals surface area (Å²) in [6.07, 6.45) is -4.01. The highest BCUT2D eigenvalue weighted by atomic mass is 19.4. The molecule has 28 heavy (non-hydrogen) atoms. The van der Waals surface area contributed by atoms with Crippen molar-refractivity contribution in [1.82, 2.24) is 10.6 Å². The Morgan fingerprint density at radius 2 is 1.75 bits per heavy atom. The van der Waals surface area contributed by atoms with Crippen LogP contribution in [0.1, 0.15) is 24.0 Å². The summed E-state index contributed by atoms with van der Waals surface area (Å²) < 4.78 is 38.1. The van der Waals surface area contributed by atoms with Crippen LogP contribution in [0.2, 0.25) is 0 Å². The molecule has 8 heteroatoms. The molecule has 0 radical (unpaired) electrons. The van der Waals surface area contributed by atoms with Crippen LogP contribution in [0.3, 0.4) is 0 Å². The SMILES string of the molecule is O=C(O)NC(C(=O)NCc1cccc(-c2ccc(C(F)(F)F)cc2)c1)C1CC1. The predicted octanol–water partition coefficient (Wildman–Crippen LogP) is 4.03. The minimum Gasteiger partial charge on any atom is -0.465 e. The van der Waals surface area contributed by atoms with Crippen molar-refractivity contribution >= 4 is 12.0 Å². The van der Waals surface area contributed by atoms with Crippen molar-refractivity contribution in [3.05, 3.63) is 59.7 Å². The fraction of sp³-hybridized carbons (Fsp3) is 0.300. The van der Waals surface area contributed by atoms with Crippen LogP contribution in [0.25, 0.3) is 11.1 Å². The monoisotopic (exact) mass is 392 g/mol. The van der Waals surface area contributed by atoms with E-state index in [9.17, 15) is 22.8 Å². The highest BCUT2D eigenvalue weighted by Crippen LogP contribution is 2.33. The molecule has 2 aromatic rings. The van der Waals surface area contributed by atoms with Gasteiger partial charge in [-0.05, 0) is 53.6 Å². The minimum absolute atomic E-state index is 0.0228. The number of amides is 2. The molecule has 5 nitrogen and oxygen atoms in total. The van der Waals surface area contributed by atoms with Gasteiger partial charge in [-0.25, -0.2) is 4.79 Å². The molecule has 1 atom stereocenters. The van der Waals surface area contributed by atoms with Crippen LogP contribution in [0, 0.1) is 5.92 Å². The lowest BCUT2D eigenvalue weighted by Crippen LogP contribution is -2.47. The lowest BCUT2D eigenvalue weighted by molar-refractivity contribution is -0.137. The average Bonchev–Trinajstić information content (AvgIpc) is 3.49. The van der Waals surface area contributed by atoms with Crippen LogP contribution in [0.15, 0.2) is 48.5 Å². The Morgan fingerprint density at radius 1 is 1.07 bits per heavy atom. The van der Waals surface area contributed by atoms with Crippen molar-refractivity contribution in [2.75, 3.05) is 0 Å². The first-order valence-electron chi connectivity index (χ1n) is 8.78. The molecule has 1 unspecified atom stereocenters. The van der Waals surface area contributed by atoms with Gasteiger partial charge < -0.3 is 15.7 Å². The van der Waals surface area contributed by atoms with Gasteiger partial charge in [0.2, 0.25) is 5.91 Å². The van der Waals surface area contributed by atoms with Gasteiger partial charge in [-0.3, -0.25) is 4.79 Å². The maximum Gasteiger partial charge on any atom is 0.416 e. The van der Waals surface area contributed by atoms with E-state index in [4.69, 9.17) is 5.11 Å². The summed E-state index contributed by atoms with van der Waals surface area (Å²) in [4.78, 5) is 23.1. The zero-order chi connectivity index (χ0) is 20.3. The van der Waals surface area contributed by atoms with Crippen molar-refractivity contribution in [3.8, 4) is 11.1 Å². The maximum atomic E-state index is 12.7. The summed E-state index contributed by atoms with van der Waals surface area (Å²) in [5, 5.41) is 13.8. The van der Waals surface area contributed by atoms with Crippen LogP contribution in [-0.4, -0.2) is 23.1 Å². The Bertz CT molecular complexity index is 862. The van der Waals surface area contributed by atoms with Gasteiger partial charge in [-0.15, -0.1) is 0 Å². The molecule has 0 saturated heterocycles. The number of nitrogens with one attached hydrogen (secondary N) is 2. The molecule has 0 spiro atoms. The summed E-state index contributed by atoms with van der Waals surface area (Å²) >= 11 is 0. The van der Waals surface area contributed by atoms with Gasteiger partial charge in [0, 0.05) is 6.54 Å². The largest absolute Gasteiger partial charge is 0.465 e. The molecular formula is C20H19F3N2O3. The summed E-state index contributed by atoms with van der Waals surface area (Å²) in [6, 6.07) is 11.2. The van der Waals surface area contributed by atoms with E-state index < -0.39 is 23.9 Å². The fourth-order valence-electron chi connectivity index (χ4n) is 2.97. The van der Waals surface area contributed by atoms with E-state index in [2.05, 4.69) is 10.6 Å². The van der Waals surface area contributed by atoms with Gasteiger partial charge in [-0.1, -0.05) is 30.3 Å². The van der Waals surface area contributed by atoms with Crippen LogP contribution < -0.4 is 10.6 Å². The molecule has 1 aliphatic carbocycles. The Balaban J connectivity index is 1.66. The van der Waals surface area contributed by atoms with E-state index in [0.29, 0.717) is 5.56 Å².